The highest BCUT2D eigenvalue weighted by atomic mass is 16.5. The number of carbonyl (C=O) groups excluding carboxylic acids is 2. The van der Waals surface area contributed by atoms with E-state index in [2.05, 4.69) is 9.97 Å². The Morgan fingerprint density at radius 2 is 1.62 bits per heavy atom. The Morgan fingerprint density at radius 1 is 0.969 bits per heavy atom. The number of aryl methyl sites for hydroxylation is 1. The molecule has 162 valence electrons. The molecule has 4 rings (SSSR count). The number of amides is 1. The number of benzene rings is 2. The van der Waals surface area contributed by atoms with Gasteiger partial charge < -0.3 is 14.6 Å². The van der Waals surface area contributed by atoms with E-state index in [4.69, 9.17) is 9.47 Å². The van der Waals surface area contributed by atoms with Crippen LogP contribution in [0.25, 0.3) is 5.76 Å². The van der Waals surface area contributed by atoms with E-state index in [1.807, 2.05) is 19.1 Å². The summed E-state index contributed by atoms with van der Waals surface area (Å²) in [5.41, 5.74) is 1.89. The molecule has 1 amide bonds. The number of nitrogens with zero attached hydrogens (tertiary/aromatic N) is 3. The van der Waals surface area contributed by atoms with E-state index in [0.717, 1.165) is 5.56 Å². The standard InChI is InChI=1S/C24H21N3O5/c1-14-5-7-15(8-6-14)21(28)19-20(16-9-10-17(31-2)18(13-16)32-3)27(23(30)22(19)29)24-25-11-4-12-26-24/h4-13,20,28H,1-3H3/b21-19-. The number of rotatable bonds is 5. The molecule has 1 aliphatic rings. The number of Topliss-reactive ketones (excluding diaryl/α,β-unsaturated/α-hetero) is 1. The number of aliphatic hydroxyl groups excluding tert-OH is 1. The maximum absolute atomic E-state index is 13.1. The first-order chi connectivity index (χ1) is 15.5. The molecule has 1 atom stereocenters. The fourth-order valence-corrected chi connectivity index (χ4v) is 3.66. The van der Waals surface area contributed by atoms with Crippen molar-refractivity contribution in [3.8, 4) is 11.5 Å². The summed E-state index contributed by atoms with van der Waals surface area (Å²) in [5.74, 6) is -0.971. The van der Waals surface area contributed by atoms with Gasteiger partial charge in [0.1, 0.15) is 5.76 Å². The van der Waals surface area contributed by atoms with Gasteiger partial charge in [0.25, 0.3) is 5.78 Å². The van der Waals surface area contributed by atoms with Crippen LogP contribution in [0.2, 0.25) is 0 Å². The van der Waals surface area contributed by atoms with Crippen LogP contribution in [0.4, 0.5) is 5.95 Å². The van der Waals surface area contributed by atoms with Crippen LogP contribution in [0.1, 0.15) is 22.7 Å². The van der Waals surface area contributed by atoms with E-state index in [1.54, 1.807) is 36.4 Å². The van der Waals surface area contributed by atoms with Crippen LogP contribution in [0.5, 0.6) is 11.5 Å². The van der Waals surface area contributed by atoms with Crippen molar-refractivity contribution in [1.29, 1.82) is 0 Å². The average Bonchev–Trinajstić information content (AvgIpc) is 3.09. The number of anilines is 1. The predicted octanol–water partition coefficient (Wildman–Crippen LogP) is 3.43. The molecule has 0 saturated carbocycles. The number of ketones is 1. The first-order valence-electron chi connectivity index (χ1n) is 9.83. The molecule has 8 nitrogen and oxygen atoms in total. The van der Waals surface area contributed by atoms with E-state index < -0.39 is 17.7 Å². The smallest absolute Gasteiger partial charge is 0.302 e. The lowest BCUT2D eigenvalue weighted by molar-refractivity contribution is -0.132. The third-order valence-electron chi connectivity index (χ3n) is 5.26. The van der Waals surface area contributed by atoms with Crippen LogP contribution >= 0.6 is 0 Å². The monoisotopic (exact) mass is 431 g/mol. The third kappa shape index (κ3) is 3.56. The van der Waals surface area contributed by atoms with Crippen LogP contribution < -0.4 is 14.4 Å². The van der Waals surface area contributed by atoms with Crippen molar-refractivity contribution in [3.05, 3.63) is 83.2 Å². The minimum absolute atomic E-state index is 0.0531. The fraction of sp³-hybridized carbons (Fsp3) is 0.167. The van der Waals surface area contributed by atoms with E-state index in [-0.39, 0.29) is 17.3 Å². The van der Waals surface area contributed by atoms with Crippen LogP contribution in [0, 0.1) is 6.92 Å². The molecule has 1 aliphatic heterocycles. The zero-order valence-electron chi connectivity index (χ0n) is 17.8. The van der Waals surface area contributed by atoms with Crippen LogP contribution in [-0.4, -0.2) is 41.0 Å². The Labute approximate surface area is 184 Å². The maximum Gasteiger partial charge on any atom is 0.302 e. The summed E-state index contributed by atoms with van der Waals surface area (Å²) in [6.45, 7) is 1.92. The molecule has 0 aliphatic carbocycles. The second kappa shape index (κ2) is 8.50. The van der Waals surface area contributed by atoms with Crippen molar-refractivity contribution in [3.63, 3.8) is 0 Å². The molecule has 1 fully saturated rings. The van der Waals surface area contributed by atoms with Gasteiger partial charge in [0.15, 0.2) is 11.5 Å². The summed E-state index contributed by atoms with van der Waals surface area (Å²) < 4.78 is 10.7. The van der Waals surface area contributed by atoms with Crippen LogP contribution in [-0.2, 0) is 9.59 Å². The molecule has 1 N–H and O–H groups in total. The number of methoxy groups -OCH3 is 2. The van der Waals surface area contributed by atoms with Crippen molar-refractivity contribution < 1.29 is 24.2 Å². The highest BCUT2D eigenvalue weighted by Gasteiger charge is 2.48. The third-order valence-corrected chi connectivity index (χ3v) is 5.26. The van der Waals surface area contributed by atoms with Gasteiger partial charge in [0, 0.05) is 18.0 Å². The number of aliphatic hydroxyl groups is 1. The quantitative estimate of drug-likeness (QED) is 0.375. The van der Waals surface area contributed by atoms with Crippen molar-refractivity contribution in [2.24, 2.45) is 0 Å². The molecular formula is C24H21N3O5. The van der Waals surface area contributed by atoms with E-state index >= 15 is 0 Å². The molecule has 1 aromatic heterocycles. The molecule has 32 heavy (non-hydrogen) atoms. The lowest BCUT2D eigenvalue weighted by Crippen LogP contribution is -2.31. The molecule has 1 saturated heterocycles. The SMILES string of the molecule is COc1ccc(C2/C(=C(/O)c3ccc(C)cc3)C(=O)C(=O)N2c2ncccn2)cc1OC. The van der Waals surface area contributed by atoms with Gasteiger partial charge in [-0.1, -0.05) is 35.9 Å². The lowest BCUT2D eigenvalue weighted by Gasteiger charge is -2.24. The summed E-state index contributed by atoms with van der Waals surface area (Å²) in [4.78, 5) is 35.7. The molecule has 0 spiro atoms. The first-order valence-corrected chi connectivity index (χ1v) is 9.83. The Balaban J connectivity index is 1.96. The molecule has 0 bridgehead atoms. The van der Waals surface area contributed by atoms with Gasteiger partial charge in [0.2, 0.25) is 5.95 Å². The van der Waals surface area contributed by atoms with Crippen molar-refractivity contribution in [2.45, 2.75) is 13.0 Å². The van der Waals surface area contributed by atoms with Crippen LogP contribution in [0.3, 0.4) is 0 Å². The molecule has 3 aromatic rings. The van der Waals surface area contributed by atoms with E-state index in [1.165, 1.54) is 31.5 Å². The highest BCUT2D eigenvalue weighted by molar-refractivity contribution is 6.51. The maximum atomic E-state index is 13.1. The fourth-order valence-electron chi connectivity index (χ4n) is 3.66. The molecule has 8 heteroatoms. The lowest BCUT2D eigenvalue weighted by atomic mass is 9.95. The van der Waals surface area contributed by atoms with Gasteiger partial charge in [0.05, 0.1) is 25.8 Å². The summed E-state index contributed by atoms with van der Waals surface area (Å²) >= 11 is 0. The minimum Gasteiger partial charge on any atom is -0.507 e. The summed E-state index contributed by atoms with van der Waals surface area (Å²) in [7, 11) is 3.00. The van der Waals surface area contributed by atoms with E-state index in [0.29, 0.717) is 22.6 Å². The number of hydrogen-bond donors (Lipinski definition) is 1. The first kappa shape index (κ1) is 21.0. The van der Waals surface area contributed by atoms with Gasteiger partial charge in [-0.05, 0) is 30.7 Å². The molecule has 2 aromatic carbocycles. The van der Waals surface area contributed by atoms with Crippen molar-refractivity contribution >= 4 is 23.4 Å². The molecular weight excluding hydrogens is 410 g/mol. The number of hydrogen-bond acceptors (Lipinski definition) is 7. The number of carbonyl (C=O) groups is 2. The number of aromatic nitrogens is 2. The average molecular weight is 431 g/mol. The Kier molecular flexibility index (Phi) is 5.59. The molecule has 1 unspecified atom stereocenters. The summed E-state index contributed by atoms with van der Waals surface area (Å²) in [6, 6.07) is 12.7. The Hall–Kier alpha value is -4.20. The van der Waals surface area contributed by atoms with Gasteiger partial charge in [-0.25, -0.2) is 9.97 Å². The molecule has 0 radical (unpaired) electrons. The summed E-state index contributed by atoms with van der Waals surface area (Å²) in [5, 5.41) is 11.1. The van der Waals surface area contributed by atoms with Gasteiger partial charge in [-0.15, -0.1) is 0 Å². The predicted molar refractivity (Wildman–Crippen MR) is 118 cm³/mol. The largest absolute Gasteiger partial charge is 0.507 e. The zero-order chi connectivity index (χ0) is 22.8. The normalized spacial score (nSPS) is 17.5. The second-order valence-corrected chi connectivity index (χ2v) is 7.20. The van der Waals surface area contributed by atoms with Crippen LogP contribution in [0.15, 0.2) is 66.5 Å². The topological polar surface area (TPSA) is 102 Å². The summed E-state index contributed by atoms with van der Waals surface area (Å²) in [6.07, 6.45) is 2.96. The number of ether oxygens (including phenoxy) is 2. The highest BCUT2D eigenvalue weighted by Crippen LogP contribution is 2.43. The van der Waals surface area contributed by atoms with Crippen molar-refractivity contribution in [2.75, 3.05) is 19.1 Å². The van der Waals surface area contributed by atoms with Gasteiger partial charge >= 0.3 is 5.91 Å². The van der Waals surface area contributed by atoms with E-state index in [9.17, 15) is 14.7 Å². The second-order valence-electron chi connectivity index (χ2n) is 7.20. The zero-order valence-corrected chi connectivity index (χ0v) is 17.8. The van der Waals surface area contributed by atoms with Crippen molar-refractivity contribution in [1.82, 2.24) is 9.97 Å². The molecule has 2 heterocycles. The van der Waals surface area contributed by atoms with Gasteiger partial charge in [-0.2, -0.15) is 0 Å². The Bertz CT molecular complexity index is 1210. The minimum atomic E-state index is -0.960. The Morgan fingerprint density at radius 3 is 2.25 bits per heavy atom. The van der Waals surface area contributed by atoms with Gasteiger partial charge in [-0.3, -0.25) is 14.5 Å².